The fourth-order valence-corrected chi connectivity index (χ4v) is 6.03. The van der Waals surface area contributed by atoms with Crippen molar-refractivity contribution in [2.75, 3.05) is 13.1 Å². The minimum absolute atomic E-state index is 0.107. The summed E-state index contributed by atoms with van der Waals surface area (Å²) in [6.07, 6.45) is 2.09. The van der Waals surface area contributed by atoms with Crippen LogP contribution in [0.1, 0.15) is 30.4 Å². The van der Waals surface area contributed by atoms with Gasteiger partial charge in [-0.05, 0) is 56.3 Å². The summed E-state index contributed by atoms with van der Waals surface area (Å²) in [6, 6.07) is 3.77. The number of primary amides is 1. The fraction of sp³-hybridized carbons (Fsp3) is 0.435. The summed E-state index contributed by atoms with van der Waals surface area (Å²) in [7, 11) is 0. The summed E-state index contributed by atoms with van der Waals surface area (Å²) in [5, 5.41) is 43.6. The molecule has 0 aromatic heterocycles. The first-order chi connectivity index (χ1) is 15.2. The predicted molar refractivity (Wildman–Crippen MR) is 111 cm³/mol. The van der Waals surface area contributed by atoms with Gasteiger partial charge in [-0.25, -0.2) is 0 Å². The molecule has 0 radical (unpaired) electrons. The van der Waals surface area contributed by atoms with E-state index >= 15 is 0 Å². The highest BCUT2D eigenvalue weighted by Gasteiger charge is 2.64. The van der Waals surface area contributed by atoms with Crippen LogP contribution in [0.25, 0.3) is 5.76 Å². The quantitative estimate of drug-likeness (QED) is 0.415. The van der Waals surface area contributed by atoms with Gasteiger partial charge in [0, 0.05) is 11.5 Å². The maximum Gasteiger partial charge on any atom is 0.255 e. The Balaban J connectivity index is 1.72. The molecule has 1 amide bonds. The molecule has 1 aromatic rings. The number of nitrogens with zero attached hydrogens (tertiary/aromatic N) is 1. The van der Waals surface area contributed by atoms with Crippen molar-refractivity contribution in [2.24, 2.45) is 17.6 Å². The van der Waals surface area contributed by atoms with Crippen LogP contribution in [0.3, 0.4) is 0 Å². The molecule has 1 saturated carbocycles. The Morgan fingerprint density at radius 3 is 2.47 bits per heavy atom. The summed E-state index contributed by atoms with van der Waals surface area (Å²) >= 11 is 0. The SMILES string of the molecule is NC(=O)C1=C(O)C2(O)C(=O)C3=C(O)c4c(O)cccc4CC3CC2C(N2CCCC2)C1=O. The van der Waals surface area contributed by atoms with E-state index in [1.165, 1.54) is 6.07 Å². The van der Waals surface area contributed by atoms with E-state index in [1.807, 2.05) is 4.90 Å². The van der Waals surface area contributed by atoms with Crippen molar-refractivity contribution in [1.29, 1.82) is 0 Å². The van der Waals surface area contributed by atoms with Gasteiger partial charge in [0.25, 0.3) is 5.91 Å². The molecular weight excluding hydrogens is 416 g/mol. The van der Waals surface area contributed by atoms with Crippen LogP contribution in [0.15, 0.2) is 35.1 Å². The number of hydrogen-bond acceptors (Lipinski definition) is 8. The first-order valence-electron chi connectivity index (χ1n) is 10.7. The lowest BCUT2D eigenvalue weighted by molar-refractivity contribution is -0.154. The maximum atomic E-state index is 13.7. The molecule has 6 N–H and O–H groups in total. The number of nitrogens with two attached hydrogens (primary N) is 1. The number of aromatic hydroxyl groups is 1. The summed E-state index contributed by atoms with van der Waals surface area (Å²) in [4.78, 5) is 40.8. The van der Waals surface area contributed by atoms with Crippen LogP contribution < -0.4 is 5.73 Å². The van der Waals surface area contributed by atoms with Gasteiger partial charge in [0.15, 0.2) is 11.4 Å². The third kappa shape index (κ3) is 2.55. The third-order valence-corrected chi connectivity index (χ3v) is 7.44. The van der Waals surface area contributed by atoms with Crippen LogP contribution >= 0.6 is 0 Å². The van der Waals surface area contributed by atoms with Gasteiger partial charge in [-0.1, -0.05) is 12.1 Å². The number of benzene rings is 1. The molecule has 9 nitrogen and oxygen atoms in total. The zero-order chi connectivity index (χ0) is 22.9. The second kappa shape index (κ2) is 6.91. The number of phenols is 1. The summed E-state index contributed by atoms with van der Waals surface area (Å²) in [5.74, 6) is -6.14. The maximum absolute atomic E-state index is 13.7. The Morgan fingerprint density at radius 2 is 1.81 bits per heavy atom. The van der Waals surface area contributed by atoms with E-state index in [9.17, 15) is 34.8 Å². The number of rotatable bonds is 2. The number of aliphatic hydroxyl groups is 3. The molecule has 4 unspecified atom stereocenters. The lowest BCUT2D eigenvalue weighted by atomic mass is 9.57. The van der Waals surface area contributed by atoms with Crippen LogP contribution in [-0.2, 0) is 20.8 Å². The van der Waals surface area contributed by atoms with Gasteiger partial charge in [-0.2, -0.15) is 0 Å². The molecule has 5 rings (SSSR count). The van der Waals surface area contributed by atoms with Gasteiger partial charge in [0.05, 0.1) is 11.6 Å². The molecule has 1 aromatic carbocycles. The Bertz CT molecular complexity index is 1130. The average Bonchev–Trinajstić information content (AvgIpc) is 3.25. The monoisotopic (exact) mass is 440 g/mol. The van der Waals surface area contributed by atoms with E-state index < -0.39 is 58.0 Å². The van der Waals surface area contributed by atoms with Crippen LogP contribution in [0.5, 0.6) is 5.75 Å². The van der Waals surface area contributed by atoms with Crippen LogP contribution in [-0.4, -0.2) is 67.5 Å². The minimum Gasteiger partial charge on any atom is -0.508 e. The fourth-order valence-electron chi connectivity index (χ4n) is 6.03. The lowest BCUT2D eigenvalue weighted by Gasteiger charge is -2.50. The number of hydrogen-bond donors (Lipinski definition) is 5. The standard InChI is InChI=1S/C23H24N2O7/c24-22(31)16-19(28)17(25-6-1-2-7-25)12-9-11-8-10-4-3-5-13(26)14(10)18(27)15(11)20(29)23(12,32)21(16)30/h3-5,11-12,17,26-27,30,32H,1-2,6-9H2,(H2,24,31). The second-order valence-electron chi connectivity index (χ2n) is 9.05. The topological polar surface area (TPSA) is 161 Å². The number of carbonyl (C=O) groups excluding carboxylic acids is 3. The van der Waals surface area contributed by atoms with Gasteiger partial charge in [-0.15, -0.1) is 0 Å². The van der Waals surface area contributed by atoms with Crippen molar-refractivity contribution in [3.8, 4) is 5.75 Å². The third-order valence-electron chi connectivity index (χ3n) is 7.44. The molecule has 32 heavy (non-hydrogen) atoms. The Labute approximate surface area is 183 Å². The first kappa shape index (κ1) is 20.7. The number of aliphatic hydroxyl groups excluding tert-OH is 2. The molecule has 1 heterocycles. The highest BCUT2D eigenvalue weighted by molar-refractivity contribution is 6.24. The highest BCUT2D eigenvalue weighted by Crippen LogP contribution is 2.52. The molecule has 4 aliphatic rings. The van der Waals surface area contributed by atoms with E-state index in [-0.39, 0.29) is 23.3 Å². The number of ketones is 2. The van der Waals surface area contributed by atoms with Crippen molar-refractivity contribution in [3.05, 3.63) is 46.2 Å². The number of likely N-dealkylation sites (tertiary alicyclic amines) is 1. The first-order valence-corrected chi connectivity index (χ1v) is 10.7. The summed E-state index contributed by atoms with van der Waals surface area (Å²) in [6.45, 7) is 1.11. The van der Waals surface area contributed by atoms with Gasteiger partial charge in [-0.3, -0.25) is 19.3 Å². The van der Waals surface area contributed by atoms with Crippen molar-refractivity contribution in [3.63, 3.8) is 0 Å². The van der Waals surface area contributed by atoms with Crippen LogP contribution in [0.2, 0.25) is 0 Å². The number of phenolic OH excluding ortho intramolecular Hbond substituents is 1. The molecule has 3 aliphatic carbocycles. The molecule has 168 valence electrons. The van der Waals surface area contributed by atoms with E-state index in [0.29, 0.717) is 25.1 Å². The zero-order valence-corrected chi connectivity index (χ0v) is 17.2. The lowest BCUT2D eigenvalue weighted by Crippen LogP contribution is -2.66. The Kier molecular flexibility index (Phi) is 4.48. The molecule has 9 heteroatoms. The van der Waals surface area contributed by atoms with E-state index in [1.54, 1.807) is 12.1 Å². The molecular formula is C23H24N2O7. The molecule has 1 saturated heterocycles. The minimum atomic E-state index is -2.58. The molecule has 0 bridgehead atoms. The van der Waals surface area contributed by atoms with Crippen LogP contribution in [0, 0.1) is 11.8 Å². The molecule has 1 aliphatic heterocycles. The number of amides is 1. The molecule has 4 atom stereocenters. The molecule has 2 fully saturated rings. The summed E-state index contributed by atoms with van der Waals surface area (Å²) in [5.41, 5.74) is 2.65. The average molecular weight is 440 g/mol. The molecule has 0 spiro atoms. The number of fused-ring (bicyclic) bond motifs is 3. The van der Waals surface area contributed by atoms with Gasteiger partial charge >= 0.3 is 0 Å². The number of Topliss-reactive ketones (excluding diaryl/α,β-unsaturated/α-hetero) is 2. The van der Waals surface area contributed by atoms with E-state index in [0.717, 1.165) is 12.8 Å². The highest BCUT2D eigenvalue weighted by atomic mass is 16.3. The number of carbonyl (C=O) groups is 3. The normalized spacial score (nSPS) is 32.6. The van der Waals surface area contributed by atoms with Gasteiger partial charge in [0.2, 0.25) is 5.78 Å². The van der Waals surface area contributed by atoms with Gasteiger partial charge in [0.1, 0.15) is 22.8 Å². The van der Waals surface area contributed by atoms with Crippen molar-refractivity contribution < 1.29 is 34.8 Å². The zero-order valence-electron chi connectivity index (χ0n) is 17.2. The Hall–Kier alpha value is -3.17. The van der Waals surface area contributed by atoms with Gasteiger partial charge < -0.3 is 26.2 Å². The van der Waals surface area contributed by atoms with Crippen molar-refractivity contribution in [1.82, 2.24) is 4.90 Å². The second-order valence-corrected chi connectivity index (χ2v) is 9.05. The van der Waals surface area contributed by atoms with Crippen molar-refractivity contribution >= 4 is 23.2 Å². The Morgan fingerprint density at radius 1 is 1.12 bits per heavy atom. The van der Waals surface area contributed by atoms with Crippen molar-refractivity contribution in [2.45, 2.75) is 37.3 Å². The van der Waals surface area contributed by atoms with Crippen LogP contribution in [0.4, 0.5) is 0 Å². The van der Waals surface area contributed by atoms with E-state index in [2.05, 4.69) is 0 Å². The smallest absolute Gasteiger partial charge is 0.255 e. The predicted octanol–water partition coefficient (Wildman–Crippen LogP) is 0.498. The van der Waals surface area contributed by atoms with E-state index in [4.69, 9.17) is 5.73 Å². The summed E-state index contributed by atoms with van der Waals surface area (Å²) < 4.78 is 0. The largest absolute Gasteiger partial charge is 0.508 e.